The summed E-state index contributed by atoms with van der Waals surface area (Å²) in [5.74, 6) is 0.197. The van der Waals surface area contributed by atoms with Crippen LogP contribution in [0.5, 0.6) is 5.75 Å². The van der Waals surface area contributed by atoms with Crippen molar-refractivity contribution in [2.75, 3.05) is 0 Å². The van der Waals surface area contributed by atoms with E-state index in [2.05, 4.69) is 24.9 Å². The molecule has 4 rings (SSSR count). The molecule has 30 heavy (non-hydrogen) atoms. The number of aliphatic carboxylic acids is 1. The van der Waals surface area contributed by atoms with Crippen LogP contribution < -0.4 is 4.74 Å². The summed E-state index contributed by atoms with van der Waals surface area (Å²) in [6, 6.07) is 23.9. The van der Waals surface area contributed by atoms with Crippen molar-refractivity contribution in [1.29, 1.82) is 0 Å². The molecule has 0 unspecified atom stereocenters. The second-order valence-corrected chi connectivity index (χ2v) is 7.74. The monoisotopic (exact) mass is 399 g/mol. The van der Waals surface area contributed by atoms with Crippen molar-refractivity contribution in [1.82, 2.24) is 4.98 Å². The van der Waals surface area contributed by atoms with E-state index in [1.54, 1.807) is 0 Å². The number of ether oxygens (including phenoxy) is 1. The van der Waals surface area contributed by atoms with Crippen LogP contribution in [0.15, 0.2) is 72.8 Å². The normalized spacial score (nSPS) is 11.2. The van der Waals surface area contributed by atoms with Crippen LogP contribution in [0.4, 0.5) is 0 Å². The summed E-state index contributed by atoms with van der Waals surface area (Å²) in [7, 11) is 0. The molecule has 0 fully saturated rings. The van der Waals surface area contributed by atoms with Gasteiger partial charge in [0.25, 0.3) is 0 Å². The summed E-state index contributed by atoms with van der Waals surface area (Å²) >= 11 is 0. The van der Waals surface area contributed by atoms with E-state index in [1.807, 2.05) is 66.7 Å². The van der Waals surface area contributed by atoms with Gasteiger partial charge in [-0.3, -0.25) is 4.79 Å². The van der Waals surface area contributed by atoms with Gasteiger partial charge in [0.1, 0.15) is 12.4 Å². The summed E-state index contributed by atoms with van der Waals surface area (Å²) in [5, 5.41) is 10.5. The van der Waals surface area contributed by atoms with E-state index in [1.165, 1.54) is 5.56 Å². The molecule has 0 saturated heterocycles. The number of carboxylic acids is 1. The number of rotatable bonds is 7. The Balaban J connectivity index is 1.83. The second-order valence-electron chi connectivity index (χ2n) is 7.74. The predicted octanol–water partition coefficient (Wildman–Crippen LogP) is 6.16. The molecular formula is C26H25NO3. The van der Waals surface area contributed by atoms with Gasteiger partial charge in [-0.1, -0.05) is 74.5 Å². The van der Waals surface area contributed by atoms with Crippen LogP contribution in [-0.2, 0) is 17.8 Å². The maximum absolute atomic E-state index is 11.7. The summed E-state index contributed by atoms with van der Waals surface area (Å²) < 4.78 is 6.14. The van der Waals surface area contributed by atoms with Crippen molar-refractivity contribution in [3.8, 4) is 17.0 Å². The van der Waals surface area contributed by atoms with Crippen LogP contribution in [0.25, 0.3) is 22.2 Å². The number of aromatic nitrogens is 1. The third-order valence-corrected chi connectivity index (χ3v) is 5.32. The van der Waals surface area contributed by atoms with E-state index in [9.17, 15) is 9.90 Å². The van der Waals surface area contributed by atoms with Gasteiger partial charge in [0.15, 0.2) is 0 Å². The van der Waals surface area contributed by atoms with Crippen molar-refractivity contribution >= 4 is 16.9 Å². The summed E-state index contributed by atoms with van der Waals surface area (Å²) in [6.45, 7) is 4.73. The quantitative estimate of drug-likeness (QED) is 0.391. The van der Waals surface area contributed by atoms with Crippen molar-refractivity contribution < 1.29 is 14.6 Å². The molecule has 4 nitrogen and oxygen atoms in total. The maximum Gasteiger partial charge on any atom is 0.307 e. The lowest BCUT2D eigenvalue weighted by atomic mass is 9.97. The molecular weight excluding hydrogens is 374 g/mol. The van der Waals surface area contributed by atoms with E-state index >= 15 is 0 Å². The highest BCUT2D eigenvalue weighted by atomic mass is 16.5. The smallest absolute Gasteiger partial charge is 0.307 e. The molecule has 0 radical (unpaired) electrons. The number of fused-ring (bicyclic) bond motifs is 1. The minimum atomic E-state index is -0.852. The third-order valence-electron chi connectivity index (χ3n) is 5.32. The van der Waals surface area contributed by atoms with E-state index < -0.39 is 5.97 Å². The number of carboxylic acid groups (broad SMARTS) is 1. The molecule has 0 aliphatic carbocycles. The molecule has 0 saturated carbocycles. The van der Waals surface area contributed by atoms with Gasteiger partial charge < -0.3 is 14.8 Å². The zero-order valence-electron chi connectivity index (χ0n) is 17.2. The van der Waals surface area contributed by atoms with Crippen molar-refractivity contribution in [3.63, 3.8) is 0 Å². The zero-order valence-corrected chi connectivity index (χ0v) is 17.2. The SMILES string of the molecule is CC(C)c1cccc2c(CC(=O)O)c(-c3ccccc3OCc3ccccc3)[nH]c12. The lowest BCUT2D eigenvalue weighted by molar-refractivity contribution is -0.136. The molecule has 4 aromatic rings. The average molecular weight is 399 g/mol. The fraction of sp³-hybridized carbons (Fsp3) is 0.192. The molecule has 0 bridgehead atoms. The van der Waals surface area contributed by atoms with Crippen molar-refractivity contribution in [3.05, 3.63) is 89.5 Å². The molecule has 152 valence electrons. The molecule has 1 heterocycles. The summed E-state index contributed by atoms with van der Waals surface area (Å²) in [4.78, 5) is 15.2. The first-order valence-electron chi connectivity index (χ1n) is 10.2. The standard InChI is InChI=1S/C26H25NO3/c1-17(2)19-12-8-13-20-22(15-24(28)29)26(27-25(19)20)21-11-6-7-14-23(21)30-16-18-9-4-3-5-10-18/h3-14,17,27H,15-16H2,1-2H3,(H,28,29). The second kappa shape index (κ2) is 8.46. The number of carbonyl (C=O) groups is 1. The fourth-order valence-electron chi connectivity index (χ4n) is 3.88. The molecule has 0 amide bonds. The molecule has 0 spiro atoms. The predicted molar refractivity (Wildman–Crippen MR) is 120 cm³/mol. The van der Waals surface area contributed by atoms with Crippen LogP contribution in [0, 0.1) is 0 Å². The topological polar surface area (TPSA) is 62.3 Å². The van der Waals surface area contributed by atoms with Crippen LogP contribution in [0.3, 0.4) is 0 Å². The van der Waals surface area contributed by atoms with Gasteiger partial charge in [-0.15, -0.1) is 0 Å². The van der Waals surface area contributed by atoms with Gasteiger partial charge in [0.05, 0.1) is 12.1 Å². The average Bonchev–Trinajstić information content (AvgIpc) is 3.10. The van der Waals surface area contributed by atoms with E-state index in [-0.39, 0.29) is 6.42 Å². The number of benzene rings is 3. The molecule has 0 atom stereocenters. The van der Waals surface area contributed by atoms with Crippen LogP contribution >= 0.6 is 0 Å². The Morgan fingerprint density at radius 2 is 1.70 bits per heavy atom. The summed E-state index contributed by atoms with van der Waals surface area (Å²) in [5.41, 5.74) is 5.72. The number of nitrogens with one attached hydrogen (secondary N) is 1. The molecule has 1 aromatic heterocycles. The van der Waals surface area contributed by atoms with Gasteiger partial charge in [-0.25, -0.2) is 0 Å². The third kappa shape index (κ3) is 3.94. The Morgan fingerprint density at radius 1 is 0.967 bits per heavy atom. The largest absolute Gasteiger partial charge is 0.488 e. The van der Waals surface area contributed by atoms with E-state index in [0.717, 1.165) is 39.0 Å². The highest BCUT2D eigenvalue weighted by molar-refractivity contribution is 5.96. The molecule has 2 N–H and O–H groups in total. The Morgan fingerprint density at radius 3 is 2.43 bits per heavy atom. The number of H-pyrrole nitrogens is 1. The van der Waals surface area contributed by atoms with Crippen molar-refractivity contribution in [2.45, 2.75) is 32.8 Å². The molecule has 0 aliphatic rings. The number of hydrogen-bond acceptors (Lipinski definition) is 2. The molecule has 3 aromatic carbocycles. The minimum Gasteiger partial charge on any atom is -0.488 e. The molecule has 0 aliphatic heterocycles. The Bertz CT molecular complexity index is 1180. The Labute approximate surface area is 176 Å². The van der Waals surface area contributed by atoms with E-state index in [0.29, 0.717) is 12.5 Å². The number of hydrogen-bond donors (Lipinski definition) is 2. The van der Waals surface area contributed by atoms with Gasteiger partial charge in [-0.2, -0.15) is 0 Å². The van der Waals surface area contributed by atoms with Crippen LogP contribution in [-0.4, -0.2) is 16.1 Å². The van der Waals surface area contributed by atoms with Gasteiger partial charge >= 0.3 is 5.97 Å². The number of para-hydroxylation sites is 2. The first-order valence-corrected chi connectivity index (χ1v) is 10.2. The minimum absolute atomic E-state index is 0.0517. The highest BCUT2D eigenvalue weighted by Gasteiger charge is 2.20. The number of aromatic amines is 1. The van der Waals surface area contributed by atoms with E-state index in [4.69, 9.17) is 4.74 Å². The van der Waals surface area contributed by atoms with Gasteiger partial charge in [-0.05, 0) is 34.7 Å². The molecule has 4 heteroatoms. The zero-order chi connectivity index (χ0) is 21.1. The Kier molecular flexibility index (Phi) is 5.57. The Hall–Kier alpha value is -3.53. The lowest BCUT2D eigenvalue weighted by Crippen LogP contribution is -2.02. The maximum atomic E-state index is 11.7. The first kappa shape index (κ1) is 19.8. The van der Waals surface area contributed by atoms with Crippen molar-refractivity contribution in [2.24, 2.45) is 0 Å². The van der Waals surface area contributed by atoms with Gasteiger partial charge in [0, 0.05) is 16.5 Å². The highest BCUT2D eigenvalue weighted by Crippen LogP contribution is 2.38. The van der Waals surface area contributed by atoms with Crippen LogP contribution in [0.1, 0.15) is 36.5 Å². The lowest BCUT2D eigenvalue weighted by Gasteiger charge is -2.12. The van der Waals surface area contributed by atoms with Crippen LogP contribution in [0.2, 0.25) is 0 Å². The fourth-order valence-corrected chi connectivity index (χ4v) is 3.88. The van der Waals surface area contributed by atoms with Gasteiger partial charge in [0.2, 0.25) is 0 Å². The summed E-state index contributed by atoms with van der Waals surface area (Å²) in [6.07, 6.45) is -0.0517. The first-order chi connectivity index (χ1) is 14.5.